The van der Waals surface area contributed by atoms with E-state index < -0.39 is 12.4 Å². The maximum absolute atomic E-state index is 10.4. The maximum Gasteiger partial charge on any atom is 0.184 e. The second-order valence-electron chi connectivity index (χ2n) is 5.17. The van der Waals surface area contributed by atoms with Gasteiger partial charge in [0.25, 0.3) is 0 Å². The van der Waals surface area contributed by atoms with E-state index in [4.69, 9.17) is 19.0 Å². The molecule has 6 heteroatoms. The molecule has 1 aromatic carbocycles. The van der Waals surface area contributed by atoms with Gasteiger partial charge in [0.2, 0.25) is 0 Å². The lowest BCUT2D eigenvalue weighted by Gasteiger charge is -2.32. The Labute approximate surface area is 115 Å². The summed E-state index contributed by atoms with van der Waals surface area (Å²) < 4.78 is 16.1. The first kappa shape index (κ1) is 12.1. The van der Waals surface area contributed by atoms with Crippen LogP contribution in [0.25, 0.3) is 0 Å². The summed E-state index contributed by atoms with van der Waals surface area (Å²) >= 11 is 0. The lowest BCUT2D eigenvalue weighted by atomic mass is 9.84. The number of hydrogen-bond acceptors (Lipinski definition) is 6. The Morgan fingerprint density at radius 3 is 2.85 bits per heavy atom. The Kier molecular flexibility index (Phi) is 2.70. The van der Waals surface area contributed by atoms with Crippen molar-refractivity contribution in [3.8, 4) is 5.75 Å². The lowest BCUT2D eigenvalue weighted by Crippen LogP contribution is -2.51. The number of methoxy groups -OCH3 is 1. The average Bonchev–Trinajstić information content (AvgIpc) is 3.11. The molecule has 3 heterocycles. The number of ether oxygens (including phenoxy) is 3. The topological polar surface area (TPSA) is 69.5 Å². The molecule has 0 amide bonds. The van der Waals surface area contributed by atoms with Crippen molar-refractivity contribution in [1.29, 1.82) is 0 Å². The predicted molar refractivity (Wildman–Crippen MR) is 68.5 cm³/mol. The van der Waals surface area contributed by atoms with E-state index in [9.17, 15) is 5.11 Å². The summed E-state index contributed by atoms with van der Waals surface area (Å²) in [6.45, 7) is 0.439. The van der Waals surface area contributed by atoms with Crippen LogP contribution in [0.2, 0.25) is 0 Å². The third kappa shape index (κ3) is 1.65. The van der Waals surface area contributed by atoms with E-state index in [2.05, 4.69) is 5.16 Å². The van der Waals surface area contributed by atoms with Crippen LogP contribution in [-0.2, 0) is 14.3 Å². The molecule has 1 N–H and O–H groups in total. The van der Waals surface area contributed by atoms with Crippen molar-refractivity contribution >= 4 is 5.71 Å². The molecule has 6 nitrogen and oxygen atoms in total. The van der Waals surface area contributed by atoms with Gasteiger partial charge in [-0.25, -0.2) is 0 Å². The molecule has 2 saturated heterocycles. The van der Waals surface area contributed by atoms with E-state index in [0.717, 1.165) is 17.0 Å². The molecule has 0 spiro atoms. The van der Waals surface area contributed by atoms with Crippen molar-refractivity contribution in [3.05, 3.63) is 29.8 Å². The summed E-state index contributed by atoms with van der Waals surface area (Å²) in [4.78, 5) is 5.47. The average molecular weight is 277 g/mol. The Balaban J connectivity index is 1.65. The Morgan fingerprint density at radius 2 is 2.10 bits per heavy atom. The number of fused-ring (bicyclic) bond motifs is 4. The number of hydrogen-bond donors (Lipinski definition) is 1. The highest BCUT2D eigenvalue weighted by Crippen LogP contribution is 2.39. The van der Waals surface area contributed by atoms with Crippen LogP contribution in [0, 0.1) is 5.92 Å². The molecule has 1 aromatic rings. The summed E-state index contributed by atoms with van der Waals surface area (Å²) in [6, 6.07) is 7.55. The first-order valence-corrected chi connectivity index (χ1v) is 6.61. The van der Waals surface area contributed by atoms with E-state index in [-0.39, 0.29) is 18.1 Å². The van der Waals surface area contributed by atoms with Gasteiger partial charge in [-0.1, -0.05) is 5.16 Å². The quantitative estimate of drug-likeness (QED) is 0.854. The van der Waals surface area contributed by atoms with Gasteiger partial charge in [-0.2, -0.15) is 0 Å². The van der Waals surface area contributed by atoms with Crippen LogP contribution >= 0.6 is 0 Å². The fourth-order valence-electron chi connectivity index (χ4n) is 3.02. The van der Waals surface area contributed by atoms with Crippen LogP contribution in [0.15, 0.2) is 29.4 Å². The molecule has 3 aliphatic heterocycles. The minimum absolute atomic E-state index is 0.159. The van der Waals surface area contributed by atoms with Crippen LogP contribution in [0.5, 0.6) is 5.75 Å². The highest BCUT2D eigenvalue weighted by molar-refractivity contribution is 6.03. The third-order valence-electron chi connectivity index (χ3n) is 4.08. The van der Waals surface area contributed by atoms with Crippen molar-refractivity contribution in [2.24, 2.45) is 11.1 Å². The van der Waals surface area contributed by atoms with Crippen LogP contribution in [0.4, 0.5) is 0 Å². The van der Waals surface area contributed by atoms with Gasteiger partial charge in [0, 0.05) is 5.56 Å². The van der Waals surface area contributed by atoms with Gasteiger partial charge in [0.15, 0.2) is 12.4 Å². The Morgan fingerprint density at radius 1 is 1.30 bits per heavy atom. The zero-order chi connectivity index (χ0) is 13.7. The van der Waals surface area contributed by atoms with Gasteiger partial charge < -0.3 is 24.2 Å². The Hall–Kier alpha value is -1.63. The van der Waals surface area contributed by atoms with Gasteiger partial charge in [-0.15, -0.1) is 0 Å². The SMILES string of the molecule is COc1ccc(C2=NO[C@@H]3C4CO[C@H](O4)C(O)C23)cc1. The van der Waals surface area contributed by atoms with Crippen LogP contribution in [0.1, 0.15) is 5.56 Å². The van der Waals surface area contributed by atoms with Gasteiger partial charge in [-0.05, 0) is 24.3 Å². The molecule has 0 aromatic heterocycles. The monoisotopic (exact) mass is 277 g/mol. The molecule has 0 radical (unpaired) electrons. The largest absolute Gasteiger partial charge is 0.497 e. The van der Waals surface area contributed by atoms with Gasteiger partial charge >= 0.3 is 0 Å². The first-order valence-electron chi connectivity index (χ1n) is 6.61. The number of aliphatic hydroxyl groups is 1. The van der Waals surface area contributed by atoms with Crippen LogP contribution in [0.3, 0.4) is 0 Å². The van der Waals surface area contributed by atoms with Crippen molar-refractivity contribution in [3.63, 3.8) is 0 Å². The second-order valence-corrected chi connectivity index (χ2v) is 5.17. The van der Waals surface area contributed by atoms with Gasteiger partial charge in [0.1, 0.15) is 18.0 Å². The van der Waals surface area contributed by atoms with Crippen molar-refractivity contribution in [2.45, 2.75) is 24.6 Å². The summed E-state index contributed by atoms with van der Waals surface area (Å²) in [5, 5.41) is 14.5. The molecular formula is C14H15NO5. The van der Waals surface area contributed by atoms with E-state index in [1.807, 2.05) is 24.3 Å². The van der Waals surface area contributed by atoms with Crippen LogP contribution < -0.4 is 4.74 Å². The van der Waals surface area contributed by atoms with E-state index in [1.54, 1.807) is 7.11 Å². The zero-order valence-electron chi connectivity index (χ0n) is 10.9. The summed E-state index contributed by atoms with van der Waals surface area (Å²) in [5.41, 5.74) is 1.66. The van der Waals surface area contributed by atoms with Crippen LogP contribution in [-0.4, -0.2) is 49.1 Å². The highest BCUT2D eigenvalue weighted by Gasteiger charge is 2.56. The highest BCUT2D eigenvalue weighted by atomic mass is 16.8. The molecule has 0 saturated carbocycles. The van der Waals surface area contributed by atoms with E-state index >= 15 is 0 Å². The standard InChI is InChI=1S/C14H15NO5/c1-17-8-4-2-7(3-5-8)11-10-12(16)14-18-6-9(19-14)13(10)20-15-11/h2-5,9-10,12-14,16H,6H2,1H3/t9?,10?,12?,13-,14-/m1/s1. The molecule has 4 rings (SSSR count). The van der Waals surface area contributed by atoms with Crippen molar-refractivity contribution < 1.29 is 24.2 Å². The number of oxime groups is 1. The van der Waals surface area contributed by atoms with Gasteiger partial charge in [-0.3, -0.25) is 0 Å². The number of rotatable bonds is 2. The molecule has 2 bridgehead atoms. The molecule has 2 fully saturated rings. The molecular weight excluding hydrogens is 262 g/mol. The van der Waals surface area contributed by atoms with E-state index in [1.165, 1.54) is 0 Å². The first-order chi connectivity index (χ1) is 9.78. The molecule has 0 aliphatic carbocycles. The normalized spacial score (nSPS) is 38.1. The summed E-state index contributed by atoms with van der Waals surface area (Å²) in [6.07, 6.45) is -1.78. The fourth-order valence-corrected chi connectivity index (χ4v) is 3.02. The summed E-state index contributed by atoms with van der Waals surface area (Å²) in [5.74, 6) is 0.565. The van der Waals surface area contributed by atoms with Gasteiger partial charge in [0.05, 0.1) is 25.3 Å². The molecule has 106 valence electrons. The van der Waals surface area contributed by atoms with E-state index in [0.29, 0.717) is 6.61 Å². The minimum Gasteiger partial charge on any atom is -0.497 e. The number of nitrogens with zero attached hydrogens (tertiary/aromatic N) is 1. The molecule has 5 atom stereocenters. The maximum atomic E-state index is 10.4. The Bertz CT molecular complexity index is 543. The number of aliphatic hydroxyl groups excluding tert-OH is 1. The molecule has 3 unspecified atom stereocenters. The van der Waals surface area contributed by atoms with Crippen molar-refractivity contribution in [1.82, 2.24) is 0 Å². The molecule has 3 aliphatic rings. The fraction of sp³-hybridized carbons (Fsp3) is 0.500. The smallest absolute Gasteiger partial charge is 0.184 e. The third-order valence-corrected chi connectivity index (χ3v) is 4.08. The number of benzene rings is 1. The van der Waals surface area contributed by atoms with Crippen molar-refractivity contribution in [2.75, 3.05) is 13.7 Å². The minimum atomic E-state index is -0.762. The lowest BCUT2D eigenvalue weighted by molar-refractivity contribution is -0.197. The predicted octanol–water partition coefficient (Wildman–Crippen LogP) is 0.530. The zero-order valence-corrected chi connectivity index (χ0v) is 10.9. The second kappa shape index (κ2) is 4.44. The molecule has 20 heavy (non-hydrogen) atoms. The summed E-state index contributed by atoms with van der Waals surface area (Å²) in [7, 11) is 1.62.